The van der Waals surface area contributed by atoms with E-state index < -0.39 is 0 Å². The Morgan fingerprint density at radius 3 is 2.87 bits per heavy atom. The molecule has 23 heavy (non-hydrogen) atoms. The van der Waals surface area contributed by atoms with Gasteiger partial charge in [0.05, 0.1) is 17.3 Å². The molecule has 0 radical (unpaired) electrons. The average molecular weight is 309 g/mol. The summed E-state index contributed by atoms with van der Waals surface area (Å²) in [5, 5.41) is 3.15. The molecule has 3 aromatic heterocycles. The highest BCUT2D eigenvalue weighted by atomic mass is 16.1. The second kappa shape index (κ2) is 5.22. The minimum absolute atomic E-state index is 0.0253. The van der Waals surface area contributed by atoms with E-state index in [1.165, 1.54) is 0 Å². The van der Waals surface area contributed by atoms with Gasteiger partial charge in [-0.2, -0.15) is 0 Å². The van der Waals surface area contributed by atoms with Crippen LogP contribution in [-0.2, 0) is 7.05 Å². The number of rotatable bonds is 4. The number of aryl methyl sites for hydroxylation is 2. The first kappa shape index (κ1) is 14.0. The topological polar surface area (TPSA) is 64.2 Å². The predicted octanol–water partition coefficient (Wildman–Crippen LogP) is 2.26. The van der Waals surface area contributed by atoms with Crippen LogP contribution in [0, 0.1) is 12.8 Å². The lowest BCUT2D eigenvalue weighted by molar-refractivity contribution is 0.0928. The molecule has 6 nitrogen and oxygen atoms in total. The fraction of sp³-hybridized carbons (Fsp3) is 0.353. The van der Waals surface area contributed by atoms with E-state index in [1.54, 1.807) is 6.20 Å². The first-order chi connectivity index (χ1) is 11.1. The van der Waals surface area contributed by atoms with E-state index in [4.69, 9.17) is 0 Å². The Morgan fingerprint density at radius 2 is 2.17 bits per heavy atom. The molecule has 0 aromatic carbocycles. The van der Waals surface area contributed by atoms with Crippen molar-refractivity contribution >= 4 is 11.6 Å². The molecule has 1 N–H and O–H groups in total. The van der Waals surface area contributed by atoms with Gasteiger partial charge in [-0.1, -0.05) is 0 Å². The van der Waals surface area contributed by atoms with Crippen LogP contribution in [-0.4, -0.2) is 24.8 Å². The normalized spacial score (nSPS) is 15.7. The zero-order valence-corrected chi connectivity index (χ0v) is 13.2. The van der Waals surface area contributed by atoms with E-state index in [9.17, 15) is 4.79 Å². The van der Waals surface area contributed by atoms with Gasteiger partial charge in [-0.15, -0.1) is 0 Å². The summed E-state index contributed by atoms with van der Waals surface area (Å²) < 4.78 is 3.86. The third-order valence-electron chi connectivity index (χ3n) is 4.35. The van der Waals surface area contributed by atoms with Crippen LogP contribution in [0.1, 0.15) is 40.8 Å². The molecule has 1 amide bonds. The monoisotopic (exact) mass is 309 g/mol. The van der Waals surface area contributed by atoms with E-state index in [0.29, 0.717) is 11.5 Å². The van der Waals surface area contributed by atoms with Gasteiger partial charge in [-0.3, -0.25) is 4.79 Å². The van der Waals surface area contributed by atoms with Gasteiger partial charge in [0, 0.05) is 31.8 Å². The summed E-state index contributed by atoms with van der Waals surface area (Å²) in [7, 11) is 1.96. The quantitative estimate of drug-likeness (QED) is 0.804. The lowest BCUT2D eigenvalue weighted by Crippen LogP contribution is -2.31. The first-order valence-electron chi connectivity index (χ1n) is 7.85. The molecular weight excluding hydrogens is 290 g/mol. The van der Waals surface area contributed by atoms with Crippen molar-refractivity contribution in [2.45, 2.75) is 25.8 Å². The standard InChI is InChI=1S/C17H19N5O/c1-11-9-22-10-13(5-6-14(22)19-11)17(23)20-15(12-3-4-12)16-18-7-8-21(16)2/h5-10,12,15H,3-4H2,1-2H3,(H,20,23). The summed E-state index contributed by atoms with van der Waals surface area (Å²) in [5.74, 6) is 1.33. The van der Waals surface area contributed by atoms with E-state index >= 15 is 0 Å². The first-order valence-corrected chi connectivity index (χ1v) is 7.85. The number of carbonyl (C=O) groups is 1. The third-order valence-corrected chi connectivity index (χ3v) is 4.35. The number of aromatic nitrogens is 4. The molecule has 6 heteroatoms. The Hall–Kier alpha value is -2.63. The fourth-order valence-corrected chi connectivity index (χ4v) is 2.98. The molecule has 0 spiro atoms. The Kier molecular flexibility index (Phi) is 3.18. The average Bonchev–Trinajstić information content (AvgIpc) is 3.17. The van der Waals surface area contributed by atoms with Crippen molar-refractivity contribution < 1.29 is 4.79 Å². The number of nitrogens with zero attached hydrogens (tertiary/aromatic N) is 4. The van der Waals surface area contributed by atoms with Crippen LogP contribution in [0.4, 0.5) is 0 Å². The van der Waals surface area contributed by atoms with Gasteiger partial charge in [0.1, 0.15) is 11.5 Å². The zero-order valence-electron chi connectivity index (χ0n) is 13.2. The summed E-state index contributed by atoms with van der Waals surface area (Å²) in [6, 6.07) is 3.66. The number of pyridine rings is 1. The van der Waals surface area contributed by atoms with Gasteiger partial charge >= 0.3 is 0 Å². The molecule has 0 saturated heterocycles. The van der Waals surface area contributed by atoms with E-state index in [0.717, 1.165) is 30.0 Å². The number of hydrogen-bond acceptors (Lipinski definition) is 3. The maximum atomic E-state index is 12.7. The molecule has 0 bridgehead atoms. The van der Waals surface area contributed by atoms with E-state index in [-0.39, 0.29) is 11.9 Å². The summed E-state index contributed by atoms with van der Waals surface area (Å²) in [5.41, 5.74) is 2.42. The molecular formula is C17H19N5O. The molecule has 1 atom stereocenters. The summed E-state index contributed by atoms with van der Waals surface area (Å²) in [4.78, 5) is 21.5. The third kappa shape index (κ3) is 2.60. The van der Waals surface area contributed by atoms with E-state index in [2.05, 4.69) is 15.3 Å². The van der Waals surface area contributed by atoms with Crippen LogP contribution in [0.5, 0.6) is 0 Å². The van der Waals surface area contributed by atoms with Crippen molar-refractivity contribution in [1.82, 2.24) is 24.3 Å². The minimum Gasteiger partial charge on any atom is -0.342 e. The Labute approximate surface area is 134 Å². The highest BCUT2D eigenvalue weighted by Gasteiger charge is 2.35. The summed E-state index contributed by atoms with van der Waals surface area (Å²) in [6.45, 7) is 1.94. The Balaban J connectivity index is 1.60. The summed E-state index contributed by atoms with van der Waals surface area (Å²) >= 11 is 0. The molecule has 1 unspecified atom stereocenters. The lowest BCUT2D eigenvalue weighted by Gasteiger charge is -2.18. The van der Waals surface area contributed by atoms with Gasteiger partial charge < -0.3 is 14.3 Å². The van der Waals surface area contributed by atoms with Crippen molar-refractivity contribution in [3.8, 4) is 0 Å². The smallest absolute Gasteiger partial charge is 0.253 e. The van der Waals surface area contributed by atoms with Crippen LogP contribution in [0.2, 0.25) is 0 Å². The molecule has 3 heterocycles. The number of amides is 1. The van der Waals surface area contributed by atoms with Crippen molar-refractivity contribution in [2.24, 2.45) is 13.0 Å². The molecule has 1 fully saturated rings. The molecule has 0 aliphatic heterocycles. The second-order valence-electron chi connectivity index (χ2n) is 6.25. The largest absolute Gasteiger partial charge is 0.342 e. The summed E-state index contributed by atoms with van der Waals surface area (Å²) in [6.07, 6.45) is 9.71. The lowest BCUT2D eigenvalue weighted by atomic mass is 10.1. The number of hydrogen-bond donors (Lipinski definition) is 1. The van der Waals surface area contributed by atoms with Crippen LogP contribution >= 0.6 is 0 Å². The molecule has 118 valence electrons. The highest BCUT2D eigenvalue weighted by Crippen LogP contribution is 2.40. The van der Waals surface area contributed by atoms with Crippen LogP contribution in [0.3, 0.4) is 0 Å². The number of nitrogens with one attached hydrogen (secondary N) is 1. The Morgan fingerprint density at radius 1 is 1.35 bits per heavy atom. The minimum atomic E-state index is -0.0712. The predicted molar refractivity (Wildman–Crippen MR) is 86.1 cm³/mol. The van der Waals surface area contributed by atoms with Gasteiger partial charge in [0.2, 0.25) is 0 Å². The van der Waals surface area contributed by atoms with Gasteiger partial charge in [0.15, 0.2) is 0 Å². The zero-order chi connectivity index (χ0) is 16.0. The van der Waals surface area contributed by atoms with Crippen molar-refractivity contribution in [3.05, 3.63) is 54.0 Å². The van der Waals surface area contributed by atoms with Crippen LogP contribution in [0.25, 0.3) is 5.65 Å². The van der Waals surface area contributed by atoms with Crippen molar-refractivity contribution in [3.63, 3.8) is 0 Å². The van der Waals surface area contributed by atoms with Gasteiger partial charge in [-0.25, -0.2) is 9.97 Å². The molecule has 1 aliphatic rings. The van der Waals surface area contributed by atoms with E-state index in [1.807, 2.05) is 53.7 Å². The number of fused-ring (bicyclic) bond motifs is 1. The van der Waals surface area contributed by atoms with Gasteiger partial charge in [-0.05, 0) is 37.8 Å². The SMILES string of the molecule is Cc1cn2cc(C(=O)NC(c3nccn3C)C3CC3)ccc2n1. The number of imidazole rings is 2. The van der Waals surface area contributed by atoms with Crippen molar-refractivity contribution in [1.29, 1.82) is 0 Å². The molecule has 1 saturated carbocycles. The Bertz CT molecular complexity index is 874. The van der Waals surface area contributed by atoms with Crippen LogP contribution < -0.4 is 5.32 Å². The molecule has 3 aromatic rings. The molecule has 1 aliphatic carbocycles. The highest BCUT2D eigenvalue weighted by molar-refractivity contribution is 5.94. The maximum Gasteiger partial charge on any atom is 0.253 e. The maximum absolute atomic E-state index is 12.7. The van der Waals surface area contributed by atoms with Crippen molar-refractivity contribution in [2.75, 3.05) is 0 Å². The number of carbonyl (C=O) groups excluding carboxylic acids is 1. The second-order valence-corrected chi connectivity index (χ2v) is 6.25. The van der Waals surface area contributed by atoms with Gasteiger partial charge in [0.25, 0.3) is 5.91 Å². The fourth-order valence-electron chi connectivity index (χ4n) is 2.98. The molecule has 4 rings (SSSR count). The van der Waals surface area contributed by atoms with Crippen LogP contribution in [0.15, 0.2) is 36.9 Å².